The molecule has 0 amide bonds. The summed E-state index contributed by atoms with van der Waals surface area (Å²) in [5.41, 5.74) is 0. The van der Waals surface area contributed by atoms with Gasteiger partial charge in [0.15, 0.2) is 0 Å². The van der Waals surface area contributed by atoms with Gasteiger partial charge in [0.25, 0.3) is 0 Å². The van der Waals surface area contributed by atoms with Gasteiger partial charge in [-0.2, -0.15) is 0 Å². The Hall–Kier alpha value is -0.180. The zero-order chi connectivity index (χ0) is 17.7. The molecule has 0 saturated heterocycles. The Bertz CT molecular complexity index is 721. The largest absolute Gasteiger partial charge is 0.358 e. The van der Waals surface area contributed by atoms with Gasteiger partial charge < -0.3 is 39.1 Å². The predicted molar refractivity (Wildman–Crippen MR) is 73.2 cm³/mol. The molecule has 0 aliphatic heterocycles. The van der Waals surface area contributed by atoms with Crippen LogP contribution >= 0.6 is 30.4 Å². The van der Waals surface area contributed by atoms with Gasteiger partial charge in [-0.3, -0.25) is 18.3 Å². The van der Waals surface area contributed by atoms with Crippen LogP contribution in [0.25, 0.3) is 0 Å². The number of hydrogen-bond acceptors (Lipinski definition) is 4. The third-order valence-electron chi connectivity index (χ3n) is 2.32. The topological polar surface area (TPSA) is 230 Å². The Morgan fingerprint density at radius 2 is 0.727 bits per heavy atom. The zero-order valence-electron chi connectivity index (χ0n) is 10.2. The van der Waals surface area contributed by atoms with E-state index in [1.54, 1.807) is 0 Å². The van der Waals surface area contributed by atoms with Crippen molar-refractivity contribution < 1.29 is 57.4 Å². The molecule has 126 valence electrons. The van der Waals surface area contributed by atoms with E-state index in [0.29, 0.717) is 12.1 Å². The molecule has 0 atom stereocenters. The normalized spacial score (nSPS) is 14.2. The molecule has 1 aromatic carbocycles. The van der Waals surface area contributed by atoms with Gasteiger partial charge in [-0.15, -0.1) is 0 Å². The molecule has 0 spiro atoms. The van der Waals surface area contributed by atoms with Crippen LogP contribution < -0.4 is 21.2 Å². The van der Waals surface area contributed by atoms with Crippen LogP contribution in [0.5, 0.6) is 0 Å². The van der Waals surface area contributed by atoms with Gasteiger partial charge in [0, 0.05) is 0 Å². The predicted octanol–water partition coefficient (Wildman–Crippen LogP) is -3.10. The third kappa shape index (κ3) is 4.21. The Morgan fingerprint density at radius 1 is 0.500 bits per heavy atom. The molecule has 16 heteroatoms. The standard InChI is InChI=1S/C6H10O12P4/c7-19(8,9)3-1-2-4(20(10,11)12)6(22(16,17)18)5(3)21(13,14)15/h1-2H,(H2,7,8,9)(H2,10,11,12)(H2,13,14,15)(H2,16,17,18). The van der Waals surface area contributed by atoms with Gasteiger partial charge in [0.2, 0.25) is 0 Å². The third-order valence-corrected chi connectivity index (χ3v) is 6.94. The monoisotopic (exact) mass is 398 g/mol. The van der Waals surface area contributed by atoms with Crippen molar-refractivity contribution in [3.63, 3.8) is 0 Å². The summed E-state index contributed by atoms with van der Waals surface area (Å²) in [5.74, 6) is 0. The molecule has 1 rings (SSSR count). The molecule has 12 nitrogen and oxygen atoms in total. The summed E-state index contributed by atoms with van der Waals surface area (Å²) < 4.78 is 45.3. The summed E-state index contributed by atoms with van der Waals surface area (Å²) in [6.45, 7) is 0. The van der Waals surface area contributed by atoms with Crippen molar-refractivity contribution in [2.45, 2.75) is 0 Å². The molecule has 22 heavy (non-hydrogen) atoms. The van der Waals surface area contributed by atoms with Crippen LogP contribution in [0.4, 0.5) is 0 Å². The Morgan fingerprint density at radius 3 is 0.864 bits per heavy atom. The van der Waals surface area contributed by atoms with Crippen LogP contribution in [0.15, 0.2) is 12.1 Å². The number of hydrogen-bond donors (Lipinski definition) is 8. The molecule has 0 unspecified atom stereocenters. The number of benzene rings is 1. The van der Waals surface area contributed by atoms with Gasteiger partial charge >= 0.3 is 30.4 Å². The van der Waals surface area contributed by atoms with Gasteiger partial charge in [0.05, 0.1) is 21.2 Å². The fraction of sp³-hybridized carbons (Fsp3) is 0. The maximum atomic E-state index is 11.4. The second-order valence-electron chi connectivity index (χ2n) is 3.98. The van der Waals surface area contributed by atoms with Crippen molar-refractivity contribution >= 4 is 51.6 Å². The summed E-state index contributed by atoms with van der Waals surface area (Å²) in [7, 11) is -22.2. The highest BCUT2D eigenvalue weighted by molar-refractivity contribution is 7.72. The van der Waals surface area contributed by atoms with Crippen molar-refractivity contribution in [3.05, 3.63) is 12.1 Å². The highest BCUT2D eigenvalue weighted by Crippen LogP contribution is 2.46. The lowest BCUT2D eigenvalue weighted by Crippen LogP contribution is -2.45. The Labute approximate surface area is 122 Å². The second kappa shape index (κ2) is 5.72. The average Bonchev–Trinajstić information content (AvgIpc) is 2.22. The van der Waals surface area contributed by atoms with Crippen LogP contribution in [0.2, 0.25) is 0 Å². The first-order valence-corrected chi connectivity index (χ1v) is 11.3. The van der Waals surface area contributed by atoms with Crippen LogP contribution in [0, 0.1) is 0 Å². The molecular weight excluding hydrogens is 388 g/mol. The van der Waals surface area contributed by atoms with Crippen molar-refractivity contribution in [1.82, 2.24) is 0 Å². The van der Waals surface area contributed by atoms with Crippen LogP contribution in [0.3, 0.4) is 0 Å². The minimum Gasteiger partial charge on any atom is -0.321 e. The Kier molecular flexibility index (Phi) is 5.16. The molecule has 0 aromatic heterocycles. The van der Waals surface area contributed by atoms with Crippen molar-refractivity contribution in [1.29, 1.82) is 0 Å². The van der Waals surface area contributed by atoms with Crippen molar-refractivity contribution in [2.75, 3.05) is 0 Å². The molecular formula is C6H10O12P4. The minimum absolute atomic E-state index is 0.294. The molecule has 0 bridgehead atoms. The van der Waals surface area contributed by atoms with Crippen molar-refractivity contribution in [3.8, 4) is 0 Å². The van der Waals surface area contributed by atoms with Gasteiger partial charge in [0.1, 0.15) is 0 Å². The van der Waals surface area contributed by atoms with E-state index in [4.69, 9.17) is 39.1 Å². The molecule has 0 saturated carbocycles. The average molecular weight is 398 g/mol. The van der Waals surface area contributed by atoms with Gasteiger partial charge in [-0.25, -0.2) is 0 Å². The molecule has 0 aliphatic rings. The van der Waals surface area contributed by atoms with E-state index in [-0.39, 0.29) is 0 Å². The quantitative estimate of drug-likeness (QED) is 0.236. The summed E-state index contributed by atoms with van der Waals surface area (Å²) >= 11 is 0. The van der Waals surface area contributed by atoms with E-state index in [2.05, 4.69) is 0 Å². The zero-order valence-corrected chi connectivity index (χ0v) is 13.7. The summed E-state index contributed by atoms with van der Waals surface area (Å²) in [6.07, 6.45) is 0. The van der Waals surface area contributed by atoms with E-state index in [9.17, 15) is 18.3 Å². The first-order chi connectivity index (χ1) is 9.47. The van der Waals surface area contributed by atoms with Gasteiger partial charge in [-0.1, -0.05) is 0 Å². The molecule has 8 N–H and O–H groups in total. The maximum Gasteiger partial charge on any atom is 0.358 e. The van der Waals surface area contributed by atoms with Crippen LogP contribution in [-0.2, 0) is 18.3 Å². The Balaban J connectivity index is 4.21. The first kappa shape index (κ1) is 19.9. The van der Waals surface area contributed by atoms with Gasteiger partial charge in [-0.05, 0) is 12.1 Å². The van der Waals surface area contributed by atoms with E-state index < -0.39 is 51.6 Å². The van der Waals surface area contributed by atoms with Crippen molar-refractivity contribution in [2.24, 2.45) is 0 Å². The smallest absolute Gasteiger partial charge is 0.321 e. The van der Waals surface area contributed by atoms with E-state index >= 15 is 0 Å². The maximum absolute atomic E-state index is 11.4. The van der Waals surface area contributed by atoms with Crippen LogP contribution in [0.1, 0.15) is 0 Å². The first-order valence-electron chi connectivity index (χ1n) is 4.89. The van der Waals surface area contributed by atoms with E-state index in [1.807, 2.05) is 0 Å². The fourth-order valence-electron chi connectivity index (χ4n) is 1.60. The summed E-state index contributed by atoms with van der Waals surface area (Å²) in [4.78, 5) is 72.7. The highest BCUT2D eigenvalue weighted by atomic mass is 31.2. The summed E-state index contributed by atoms with van der Waals surface area (Å²) in [6, 6.07) is 0.589. The molecule has 1 aromatic rings. The minimum atomic E-state index is -5.71. The second-order valence-corrected chi connectivity index (χ2v) is 10.2. The van der Waals surface area contributed by atoms with Crippen LogP contribution in [-0.4, -0.2) is 39.1 Å². The highest BCUT2D eigenvalue weighted by Gasteiger charge is 2.43. The van der Waals surface area contributed by atoms with E-state index in [0.717, 1.165) is 0 Å². The lowest BCUT2D eigenvalue weighted by molar-refractivity contribution is 0.377. The lowest BCUT2D eigenvalue weighted by atomic mass is 10.3. The summed E-state index contributed by atoms with van der Waals surface area (Å²) in [5, 5.41) is -6.46. The van der Waals surface area contributed by atoms with E-state index in [1.165, 1.54) is 0 Å². The lowest BCUT2D eigenvalue weighted by Gasteiger charge is -2.20. The number of rotatable bonds is 4. The fourth-order valence-corrected chi connectivity index (χ4v) is 6.98. The molecule has 0 heterocycles. The molecule has 0 radical (unpaired) electrons. The SMILES string of the molecule is O=P(O)(O)c1ccc(P(=O)(O)O)c(P(=O)(O)O)c1P(=O)(O)O. The molecule has 0 aliphatic carbocycles. The molecule has 0 fully saturated rings.